The standard InChI is InChI=1S/C27H25NO6/c1-4-32-19-15-13-18(14-16-19)25(29)26-24(20-9-5-6-10-21(20)34-26)28-27(30)17(2)33-23-12-8-7-11-22(23)31-3/h5-17H,4H2,1-3H3,(H,28,30). The molecular weight excluding hydrogens is 434 g/mol. The topological polar surface area (TPSA) is 87.0 Å². The molecule has 0 bridgehead atoms. The fourth-order valence-corrected chi connectivity index (χ4v) is 3.51. The van der Waals surface area contributed by atoms with Crippen LogP contribution in [0.2, 0.25) is 0 Å². The first-order valence-corrected chi connectivity index (χ1v) is 10.9. The number of para-hydroxylation sites is 3. The second kappa shape index (κ2) is 10.1. The Labute approximate surface area is 197 Å². The van der Waals surface area contributed by atoms with Gasteiger partial charge in [0, 0.05) is 10.9 Å². The van der Waals surface area contributed by atoms with Crippen LogP contribution in [0.1, 0.15) is 30.0 Å². The molecule has 7 nitrogen and oxygen atoms in total. The fourth-order valence-electron chi connectivity index (χ4n) is 3.51. The molecule has 4 rings (SSSR count). The molecule has 1 N–H and O–H groups in total. The maximum Gasteiger partial charge on any atom is 0.265 e. The highest BCUT2D eigenvalue weighted by atomic mass is 16.5. The van der Waals surface area contributed by atoms with E-state index in [4.69, 9.17) is 18.6 Å². The highest BCUT2D eigenvalue weighted by Gasteiger charge is 2.26. The quantitative estimate of drug-likeness (QED) is 0.334. The van der Waals surface area contributed by atoms with Crippen LogP contribution in [-0.4, -0.2) is 31.5 Å². The lowest BCUT2D eigenvalue weighted by molar-refractivity contribution is -0.122. The number of carbonyl (C=O) groups is 2. The van der Waals surface area contributed by atoms with Crippen molar-refractivity contribution in [2.24, 2.45) is 0 Å². The number of carbonyl (C=O) groups excluding carboxylic acids is 2. The van der Waals surface area contributed by atoms with E-state index < -0.39 is 12.0 Å². The Morgan fingerprint density at radius 2 is 1.62 bits per heavy atom. The van der Waals surface area contributed by atoms with Crippen LogP contribution in [0.3, 0.4) is 0 Å². The average molecular weight is 459 g/mol. The Morgan fingerprint density at radius 3 is 2.32 bits per heavy atom. The molecular formula is C27H25NO6. The van der Waals surface area contributed by atoms with Crippen LogP contribution in [0.5, 0.6) is 17.2 Å². The summed E-state index contributed by atoms with van der Waals surface area (Å²) in [4.78, 5) is 26.3. The molecule has 0 aliphatic carbocycles. The SMILES string of the molecule is CCOc1ccc(C(=O)c2oc3ccccc3c2NC(=O)C(C)Oc2ccccc2OC)cc1. The van der Waals surface area contributed by atoms with Crippen molar-refractivity contribution in [2.75, 3.05) is 19.0 Å². The van der Waals surface area contributed by atoms with Gasteiger partial charge in [0.1, 0.15) is 11.3 Å². The smallest absolute Gasteiger partial charge is 0.265 e. The number of rotatable bonds is 9. The van der Waals surface area contributed by atoms with Crippen LogP contribution in [0.15, 0.2) is 77.2 Å². The molecule has 1 heterocycles. The zero-order valence-corrected chi connectivity index (χ0v) is 19.2. The number of furan rings is 1. The molecule has 0 saturated heterocycles. The van der Waals surface area contributed by atoms with E-state index in [9.17, 15) is 9.59 Å². The lowest BCUT2D eigenvalue weighted by Crippen LogP contribution is -2.30. The van der Waals surface area contributed by atoms with Crippen LogP contribution in [-0.2, 0) is 4.79 Å². The molecule has 1 aromatic heterocycles. The van der Waals surface area contributed by atoms with Crippen molar-refractivity contribution in [3.05, 3.63) is 84.1 Å². The Balaban J connectivity index is 1.62. The van der Waals surface area contributed by atoms with Gasteiger partial charge in [0.2, 0.25) is 5.78 Å². The number of hydrogen-bond donors (Lipinski definition) is 1. The predicted octanol–water partition coefficient (Wildman–Crippen LogP) is 5.48. The van der Waals surface area contributed by atoms with Crippen molar-refractivity contribution >= 4 is 28.3 Å². The summed E-state index contributed by atoms with van der Waals surface area (Å²) in [6.07, 6.45) is -0.863. The predicted molar refractivity (Wildman–Crippen MR) is 129 cm³/mol. The van der Waals surface area contributed by atoms with Crippen molar-refractivity contribution in [2.45, 2.75) is 20.0 Å². The van der Waals surface area contributed by atoms with Crippen molar-refractivity contribution < 1.29 is 28.2 Å². The van der Waals surface area contributed by atoms with Gasteiger partial charge in [-0.2, -0.15) is 0 Å². The molecule has 1 unspecified atom stereocenters. The number of ketones is 1. The molecule has 1 atom stereocenters. The van der Waals surface area contributed by atoms with E-state index in [0.29, 0.717) is 46.1 Å². The van der Waals surface area contributed by atoms with Gasteiger partial charge >= 0.3 is 0 Å². The molecule has 1 amide bonds. The molecule has 0 fully saturated rings. The highest BCUT2D eigenvalue weighted by Crippen LogP contribution is 2.33. The third-order valence-electron chi connectivity index (χ3n) is 5.22. The molecule has 0 saturated carbocycles. The Bertz CT molecular complexity index is 1310. The van der Waals surface area contributed by atoms with Crippen LogP contribution >= 0.6 is 0 Å². The van der Waals surface area contributed by atoms with Gasteiger partial charge in [-0.3, -0.25) is 9.59 Å². The number of hydrogen-bond acceptors (Lipinski definition) is 6. The molecule has 0 spiro atoms. The van der Waals surface area contributed by atoms with E-state index in [2.05, 4.69) is 5.32 Å². The molecule has 34 heavy (non-hydrogen) atoms. The molecule has 0 aliphatic heterocycles. The number of amides is 1. The van der Waals surface area contributed by atoms with Gasteiger partial charge in [0.15, 0.2) is 23.4 Å². The van der Waals surface area contributed by atoms with Gasteiger partial charge in [-0.25, -0.2) is 0 Å². The molecule has 174 valence electrons. The van der Waals surface area contributed by atoms with E-state index in [1.54, 1.807) is 67.6 Å². The molecule has 7 heteroatoms. The Hall–Kier alpha value is -4.26. The van der Waals surface area contributed by atoms with Crippen molar-refractivity contribution in [1.82, 2.24) is 0 Å². The van der Waals surface area contributed by atoms with Gasteiger partial charge in [-0.05, 0) is 62.4 Å². The number of ether oxygens (including phenoxy) is 3. The van der Waals surface area contributed by atoms with Crippen LogP contribution in [0.4, 0.5) is 5.69 Å². The van der Waals surface area contributed by atoms with Crippen molar-refractivity contribution in [1.29, 1.82) is 0 Å². The zero-order chi connectivity index (χ0) is 24.1. The van der Waals surface area contributed by atoms with Crippen LogP contribution < -0.4 is 19.5 Å². The minimum atomic E-state index is -0.863. The first-order valence-electron chi connectivity index (χ1n) is 10.9. The van der Waals surface area contributed by atoms with Gasteiger partial charge in [-0.1, -0.05) is 24.3 Å². The van der Waals surface area contributed by atoms with Gasteiger partial charge < -0.3 is 23.9 Å². The molecule has 0 aliphatic rings. The maximum absolute atomic E-state index is 13.3. The fraction of sp³-hybridized carbons (Fsp3) is 0.185. The summed E-state index contributed by atoms with van der Waals surface area (Å²) >= 11 is 0. The second-order valence-electron chi connectivity index (χ2n) is 7.49. The van der Waals surface area contributed by atoms with Gasteiger partial charge in [-0.15, -0.1) is 0 Å². The molecule has 3 aromatic carbocycles. The first kappa shape index (κ1) is 22.9. The van der Waals surface area contributed by atoms with E-state index in [1.165, 1.54) is 7.11 Å². The summed E-state index contributed by atoms with van der Waals surface area (Å²) < 4.78 is 22.4. The lowest BCUT2D eigenvalue weighted by atomic mass is 10.1. The summed E-state index contributed by atoms with van der Waals surface area (Å²) in [7, 11) is 1.53. The summed E-state index contributed by atoms with van der Waals surface area (Å²) in [5.41, 5.74) is 1.21. The van der Waals surface area contributed by atoms with E-state index in [0.717, 1.165) is 0 Å². The maximum atomic E-state index is 13.3. The molecule has 4 aromatic rings. The van der Waals surface area contributed by atoms with Gasteiger partial charge in [0.05, 0.1) is 19.4 Å². The monoisotopic (exact) mass is 459 g/mol. The minimum absolute atomic E-state index is 0.0446. The van der Waals surface area contributed by atoms with Crippen LogP contribution in [0.25, 0.3) is 11.0 Å². The van der Waals surface area contributed by atoms with E-state index in [-0.39, 0.29) is 11.5 Å². The summed E-state index contributed by atoms with van der Waals surface area (Å²) in [5, 5.41) is 3.45. The normalized spacial score (nSPS) is 11.6. The summed E-state index contributed by atoms with van der Waals surface area (Å²) in [6, 6.07) is 21.0. The third-order valence-corrected chi connectivity index (χ3v) is 5.22. The Morgan fingerprint density at radius 1 is 0.941 bits per heavy atom. The first-order chi connectivity index (χ1) is 16.5. The molecule has 0 radical (unpaired) electrons. The second-order valence-corrected chi connectivity index (χ2v) is 7.49. The minimum Gasteiger partial charge on any atom is -0.494 e. The lowest BCUT2D eigenvalue weighted by Gasteiger charge is -2.16. The average Bonchev–Trinajstić information content (AvgIpc) is 3.23. The van der Waals surface area contributed by atoms with Crippen molar-refractivity contribution in [3.63, 3.8) is 0 Å². The highest BCUT2D eigenvalue weighted by molar-refractivity contribution is 6.17. The van der Waals surface area contributed by atoms with Gasteiger partial charge in [0.25, 0.3) is 5.91 Å². The summed E-state index contributed by atoms with van der Waals surface area (Å²) in [6.45, 7) is 4.04. The van der Waals surface area contributed by atoms with Crippen molar-refractivity contribution in [3.8, 4) is 17.2 Å². The number of nitrogens with one attached hydrogen (secondary N) is 1. The zero-order valence-electron chi connectivity index (χ0n) is 19.2. The number of benzene rings is 3. The Kier molecular flexibility index (Phi) is 6.82. The van der Waals surface area contributed by atoms with E-state index in [1.807, 2.05) is 19.1 Å². The third kappa shape index (κ3) is 4.73. The number of methoxy groups -OCH3 is 1. The summed E-state index contributed by atoms with van der Waals surface area (Å²) in [5.74, 6) is 0.881. The largest absolute Gasteiger partial charge is 0.494 e. The van der Waals surface area contributed by atoms with Crippen LogP contribution in [0, 0.1) is 0 Å². The number of fused-ring (bicyclic) bond motifs is 1. The van der Waals surface area contributed by atoms with E-state index >= 15 is 0 Å². The number of anilines is 1.